The van der Waals surface area contributed by atoms with Gasteiger partial charge >= 0.3 is 0 Å². The second-order valence-electron chi connectivity index (χ2n) is 5.03. The first-order valence-corrected chi connectivity index (χ1v) is 7.09. The molecule has 0 aliphatic carbocycles. The Bertz CT molecular complexity index is 415. The average Bonchev–Trinajstić information content (AvgIpc) is 2.38. The monoisotopic (exact) mass is 263 g/mol. The van der Waals surface area contributed by atoms with Crippen LogP contribution in [-0.2, 0) is 0 Å². The maximum absolute atomic E-state index is 9.80. The van der Waals surface area contributed by atoms with Crippen LogP contribution >= 0.6 is 0 Å². The molecule has 19 heavy (non-hydrogen) atoms. The molecule has 0 spiro atoms. The van der Waals surface area contributed by atoms with Crippen LogP contribution in [0.4, 0.5) is 0 Å². The van der Waals surface area contributed by atoms with Gasteiger partial charge < -0.3 is 15.3 Å². The summed E-state index contributed by atoms with van der Waals surface area (Å²) >= 11 is 0. The molecule has 0 aliphatic heterocycles. The van der Waals surface area contributed by atoms with Gasteiger partial charge in [0.05, 0.1) is 6.61 Å². The fourth-order valence-electron chi connectivity index (χ4n) is 2.03. The fourth-order valence-corrected chi connectivity index (χ4v) is 2.03. The van der Waals surface area contributed by atoms with Gasteiger partial charge in [-0.25, -0.2) is 0 Å². The van der Waals surface area contributed by atoms with E-state index in [9.17, 15) is 5.11 Å². The summed E-state index contributed by atoms with van der Waals surface area (Å²) in [5.74, 6) is 1.37. The van der Waals surface area contributed by atoms with Gasteiger partial charge in [-0.3, -0.25) is 0 Å². The van der Waals surface area contributed by atoms with Crippen molar-refractivity contribution in [2.75, 3.05) is 6.61 Å². The maximum Gasteiger partial charge on any atom is 0.128 e. The van der Waals surface area contributed by atoms with E-state index in [1.54, 1.807) is 19.1 Å². The van der Waals surface area contributed by atoms with Crippen molar-refractivity contribution in [1.82, 2.24) is 0 Å². The molecular weight excluding hydrogens is 238 g/mol. The molecule has 0 aliphatic rings. The summed E-state index contributed by atoms with van der Waals surface area (Å²) in [4.78, 5) is 0. The standard InChI is InChI=1S/C16H25NO2/c1-4-6-7-13(5-2)11-19-14-8-9-15(12(3)17)16(18)10-14/h8-10,13,17-18H,4-7,11H2,1-3H3. The molecule has 1 atom stereocenters. The highest BCUT2D eigenvalue weighted by Gasteiger charge is 2.09. The molecule has 0 aromatic heterocycles. The number of rotatable bonds is 8. The molecule has 0 bridgehead atoms. The highest BCUT2D eigenvalue weighted by Crippen LogP contribution is 2.25. The van der Waals surface area contributed by atoms with Gasteiger partial charge in [0.1, 0.15) is 11.5 Å². The largest absolute Gasteiger partial charge is 0.507 e. The lowest BCUT2D eigenvalue weighted by Gasteiger charge is -2.16. The summed E-state index contributed by atoms with van der Waals surface area (Å²) in [6.07, 6.45) is 4.75. The van der Waals surface area contributed by atoms with Crippen molar-refractivity contribution in [3.8, 4) is 11.5 Å². The van der Waals surface area contributed by atoms with Gasteiger partial charge in [0.25, 0.3) is 0 Å². The normalized spacial score (nSPS) is 12.2. The molecule has 106 valence electrons. The van der Waals surface area contributed by atoms with Crippen molar-refractivity contribution < 1.29 is 9.84 Å². The molecule has 0 fully saturated rings. The van der Waals surface area contributed by atoms with Crippen molar-refractivity contribution >= 4 is 5.71 Å². The van der Waals surface area contributed by atoms with E-state index in [0.29, 0.717) is 29.5 Å². The van der Waals surface area contributed by atoms with Gasteiger partial charge in [0.15, 0.2) is 0 Å². The molecule has 0 radical (unpaired) electrons. The van der Waals surface area contributed by atoms with Gasteiger partial charge in [0.2, 0.25) is 0 Å². The summed E-state index contributed by atoms with van der Waals surface area (Å²) in [7, 11) is 0. The number of unbranched alkanes of at least 4 members (excludes halogenated alkanes) is 1. The summed E-state index contributed by atoms with van der Waals surface area (Å²) in [6.45, 7) is 6.74. The Hall–Kier alpha value is -1.51. The molecular formula is C16H25NO2. The second kappa shape index (κ2) is 7.82. The van der Waals surface area contributed by atoms with Crippen LogP contribution in [0.3, 0.4) is 0 Å². The second-order valence-corrected chi connectivity index (χ2v) is 5.03. The van der Waals surface area contributed by atoms with Crippen molar-refractivity contribution in [2.24, 2.45) is 5.92 Å². The number of phenolic OH excluding ortho intramolecular Hbond substituents is 1. The first kappa shape index (κ1) is 15.5. The quantitative estimate of drug-likeness (QED) is 0.684. The summed E-state index contributed by atoms with van der Waals surface area (Å²) in [5, 5.41) is 17.3. The highest BCUT2D eigenvalue weighted by atomic mass is 16.5. The van der Waals surface area contributed by atoms with Crippen LogP contribution in [0.5, 0.6) is 11.5 Å². The average molecular weight is 263 g/mol. The van der Waals surface area contributed by atoms with E-state index in [2.05, 4.69) is 13.8 Å². The molecule has 1 aromatic rings. The molecule has 1 aromatic carbocycles. The molecule has 0 heterocycles. The Labute approximate surface area is 116 Å². The van der Waals surface area contributed by atoms with Crippen LogP contribution < -0.4 is 4.74 Å². The van der Waals surface area contributed by atoms with Crippen molar-refractivity contribution in [3.63, 3.8) is 0 Å². The van der Waals surface area contributed by atoms with Gasteiger partial charge in [-0.15, -0.1) is 0 Å². The highest BCUT2D eigenvalue weighted by molar-refractivity contribution is 5.98. The third-order valence-electron chi connectivity index (χ3n) is 3.40. The zero-order valence-corrected chi connectivity index (χ0v) is 12.2. The van der Waals surface area contributed by atoms with E-state index in [4.69, 9.17) is 10.1 Å². The van der Waals surface area contributed by atoms with E-state index >= 15 is 0 Å². The summed E-state index contributed by atoms with van der Waals surface area (Å²) in [5.41, 5.74) is 0.920. The first-order valence-electron chi connectivity index (χ1n) is 7.09. The van der Waals surface area contributed by atoms with E-state index in [1.165, 1.54) is 19.3 Å². The molecule has 2 N–H and O–H groups in total. The third kappa shape index (κ3) is 4.93. The fraction of sp³-hybridized carbons (Fsp3) is 0.562. The van der Waals surface area contributed by atoms with Gasteiger partial charge in [-0.1, -0.05) is 33.1 Å². The topological polar surface area (TPSA) is 53.3 Å². The van der Waals surface area contributed by atoms with Crippen molar-refractivity contribution in [3.05, 3.63) is 23.8 Å². The van der Waals surface area contributed by atoms with Gasteiger partial charge in [0, 0.05) is 17.3 Å². The van der Waals surface area contributed by atoms with E-state index < -0.39 is 0 Å². The molecule has 1 rings (SSSR count). The smallest absolute Gasteiger partial charge is 0.128 e. The number of nitrogens with one attached hydrogen (secondary N) is 1. The molecule has 1 unspecified atom stereocenters. The Morgan fingerprint density at radius 3 is 2.63 bits per heavy atom. The molecule has 0 saturated heterocycles. The minimum atomic E-state index is 0.117. The van der Waals surface area contributed by atoms with Crippen molar-refractivity contribution in [1.29, 1.82) is 5.41 Å². The lowest BCUT2D eigenvalue weighted by molar-refractivity contribution is 0.232. The number of aromatic hydroxyl groups is 1. The maximum atomic E-state index is 9.80. The zero-order chi connectivity index (χ0) is 14.3. The molecule has 3 heteroatoms. The van der Waals surface area contributed by atoms with Crippen molar-refractivity contribution in [2.45, 2.75) is 46.5 Å². The molecule has 0 amide bonds. The first-order chi connectivity index (χ1) is 9.08. The minimum absolute atomic E-state index is 0.117. The SMILES string of the molecule is CCCCC(CC)COc1ccc(C(C)=N)c(O)c1. The Kier molecular flexibility index (Phi) is 6.40. The lowest BCUT2D eigenvalue weighted by atomic mass is 10.0. The number of phenols is 1. The Morgan fingerprint density at radius 2 is 2.11 bits per heavy atom. The van der Waals surface area contributed by atoms with Crippen LogP contribution in [-0.4, -0.2) is 17.4 Å². The van der Waals surface area contributed by atoms with Gasteiger partial charge in [-0.2, -0.15) is 0 Å². The van der Waals surface area contributed by atoms with E-state index in [-0.39, 0.29) is 5.75 Å². The van der Waals surface area contributed by atoms with Crippen LogP contribution in [0.15, 0.2) is 18.2 Å². The van der Waals surface area contributed by atoms with Gasteiger partial charge in [-0.05, 0) is 31.4 Å². The Balaban J connectivity index is 2.57. The number of hydrogen-bond acceptors (Lipinski definition) is 3. The predicted octanol–water partition coefficient (Wildman–Crippen LogP) is 4.38. The number of hydrogen-bond donors (Lipinski definition) is 2. The molecule has 0 saturated carbocycles. The lowest BCUT2D eigenvalue weighted by Crippen LogP contribution is -2.11. The predicted molar refractivity (Wildman–Crippen MR) is 79.4 cm³/mol. The number of ether oxygens (including phenoxy) is 1. The van der Waals surface area contributed by atoms with E-state index in [0.717, 1.165) is 6.42 Å². The van der Waals surface area contributed by atoms with Crippen LogP contribution in [0.2, 0.25) is 0 Å². The zero-order valence-electron chi connectivity index (χ0n) is 12.2. The summed E-state index contributed by atoms with van der Waals surface area (Å²) in [6, 6.07) is 5.15. The van der Waals surface area contributed by atoms with Crippen LogP contribution in [0.1, 0.15) is 52.0 Å². The van der Waals surface area contributed by atoms with Crippen LogP contribution in [0.25, 0.3) is 0 Å². The summed E-state index contributed by atoms with van der Waals surface area (Å²) < 4.78 is 5.74. The van der Waals surface area contributed by atoms with Crippen LogP contribution in [0, 0.1) is 11.3 Å². The Morgan fingerprint density at radius 1 is 1.37 bits per heavy atom. The third-order valence-corrected chi connectivity index (χ3v) is 3.40. The molecule has 3 nitrogen and oxygen atoms in total. The number of benzene rings is 1. The minimum Gasteiger partial charge on any atom is -0.507 e. The van der Waals surface area contributed by atoms with E-state index in [1.807, 2.05) is 6.07 Å².